The van der Waals surface area contributed by atoms with E-state index in [0.717, 1.165) is 44.6 Å². The smallest absolute Gasteiger partial charge is 0.338 e. The van der Waals surface area contributed by atoms with Crippen LogP contribution in [0.4, 0.5) is 4.39 Å². The Hall–Kier alpha value is -3.68. The number of carbonyl (C=O) groups excluding carboxylic acids is 3. The number of aromatic hydroxyl groups is 2. The molecule has 0 unspecified atom stereocenters. The van der Waals surface area contributed by atoms with Gasteiger partial charge in [-0.05, 0) is 35.9 Å². The van der Waals surface area contributed by atoms with E-state index in [4.69, 9.17) is 0 Å². The van der Waals surface area contributed by atoms with Crippen LogP contribution in [0.25, 0.3) is 16.7 Å². The van der Waals surface area contributed by atoms with Gasteiger partial charge in [-0.3, -0.25) is 4.79 Å². The van der Waals surface area contributed by atoms with Crippen LogP contribution in [0.2, 0.25) is 0 Å². The summed E-state index contributed by atoms with van der Waals surface area (Å²) in [7, 11) is 2.20. The number of aldehydes is 1. The number of halogens is 1. The zero-order valence-corrected chi connectivity index (χ0v) is 14.4. The van der Waals surface area contributed by atoms with Crippen LogP contribution < -0.4 is 0 Å². The van der Waals surface area contributed by atoms with Crippen molar-refractivity contribution in [3.8, 4) is 22.6 Å². The number of phenolic OH excluding ortho intramolecular Hbond substituents is 2. The minimum absolute atomic E-state index is 0.0193. The summed E-state index contributed by atoms with van der Waals surface area (Å²) < 4.78 is 22.7. The standard InChI is InChI=1S/C19H15FO7/c1-26-17(23)8-13(19(25)27-2)10-5-11(9-21)18(24)15(6-10)14-7-12(20)3-4-16(14)22/h3-9,22,24H,1-2H3/b13-8+. The molecule has 0 fully saturated rings. The van der Waals surface area contributed by atoms with Gasteiger partial charge in [0.05, 0.1) is 25.4 Å². The number of phenols is 2. The number of rotatable bonds is 5. The molecule has 8 heteroatoms. The molecule has 0 saturated carbocycles. The van der Waals surface area contributed by atoms with Gasteiger partial charge >= 0.3 is 11.9 Å². The molecule has 2 N–H and O–H groups in total. The van der Waals surface area contributed by atoms with E-state index in [0.29, 0.717) is 6.29 Å². The third-order valence-corrected chi connectivity index (χ3v) is 3.69. The van der Waals surface area contributed by atoms with Crippen LogP contribution in [0.5, 0.6) is 11.5 Å². The fraction of sp³-hybridized carbons (Fsp3) is 0.105. The highest BCUT2D eigenvalue weighted by Gasteiger charge is 2.21. The topological polar surface area (TPSA) is 110 Å². The Bertz CT molecular complexity index is 947. The first-order valence-corrected chi connectivity index (χ1v) is 7.51. The molecule has 0 aromatic heterocycles. The van der Waals surface area contributed by atoms with Crippen LogP contribution in [-0.4, -0.2) is 42.7 Å². The summed E-state index contributed by atoms with van der Waals surface area (Å²) in [6, 6.07) is 5.39. The van der Waals surface area contributed by atoms with Crippen LogP contribution in [0.3, 0.4) is 0 Å². The molecular formula is C19H15FO7. The minimum atomic E-state index is -0.905. The molecule has 0 bridgehead atoms. The SMILES string of the molecule is COC(=O)/C=C(/C(=O)OC)c1cc(C=O)c(O)c(-c2cc(F)ccc2O)c1. The fourth-order valence-electron chi connectivity index (χ4n) is 2.38. The first kappa shape index (κ1) is 19.6. The van der Waals surface area contributed by atoms with Gasteiger partial charge in [0.15, 0.2) is 6.29 Å². The van der Waals surface area contributed by atoms with E-state index in [2.05, 4.69) is 9.47 Å². The van der Waals surface area contributed by atoms with Crippen molar-refractivity contribution in [2.45, 2.75) is 0 Å². The normalized spacial score (nSPS) is 11.0. The first-order valence-electron chi connectivity index (χ1n) is 7.51. The van der Waals surface area contributed by atoms with Crippen LogP contribution in [-0.2, 0) is 19.1 Å². The van der Waals surface area contributed by atoms with Crippen molar-refractivity contribution >= 4 is 23.8 Å². The Labute approximate surface area is 153 Å². The molecule has 0 heterocycles. The molecule has 140 valence electrons. The van der Waals surface area contributed by atoms with Gasteiger partial charge in [0.2, 0.25) is 0 Å². The lowest BCUT2D eigenvalue weighted by atomic mass is 9.94. The predicted molar refractivity (Wildman–Crippen MR) is 92.6 cm³/mol. The van der Waals surface area contributed by atoms with Gasteiger partial charge in [-0.15, -0.1) is 0 Å². The van der Waals surface area contributed by atoms with Crippen molar-refractivity contribution in [1.82, 2.24) is 0 Å². The highest BCUT2D eigenvalue weighted by Crippen LogP contribution is 2.39. The Balaban J connectivity index is 2.80. The Kier molecular flexibility index (Phi) is 5.92. The van der Waals surface area contributed by atoms with Gasteiger partial charge < -0.3 is 19.7 Å². The van der Waals surface area contributed by atoms with E-state index in [-0.39, 0.29) is 33.6 Å². The van der Waals surface area contributed by atoms with Crippen molar-refractivity contribution in [2.75, 3.05) is 14.2 Å². The second-order valence-corrected chi connectivity index (χ2v) is 5.31. The number of ether oxygens (including phenoxy) is 2. The lowest BCUT2D eigenvalue weighted by Crippen LogP contribution is -2.08. The number of esters is 2. The largest absolute Gasteiger partial charge is 0.507 e. The van der Waals surface area contributed by atoms with E-state index in [1.807, 2.05) is 0 Å². The molecule has 2 rings (SSSR count). The maximum absolute atomic E-state index is 13.6. The monoisotopic (exact) mass is 374 g/mol. The summed E-state index contributed by atoms with van der Waals surface area (Å²) >= 11 is 0. The number of hydrogen-bond acceptors (Lipinski definition) is 7. The number of benzene rings is 2. The molecule has 0 amide bonds. The molecule has 0 spiro atoms. The van der Waals surface area contributed by atoms with E-state index in [9.17, 15) is 29.0 Å². The van der Waals surface area contributed by atoms with Gasteiger partial charge in [0.25, 0.3) is 0 Å². The van der Waals surface area contributed by atoms with Gasteiger partial charge in [-0.25, -0.2) is 14.0 Å². The molecule has 0 aliphatic heterocycles. The van der Waals surface area contributed by atoms with Gasteiger partial charge in [-0.1, -0.05) is 0 Å². The van der Waals surface area contributed by atoms with Crippen molar-refractivity contribution < 1.29 is 38.5 Å². The molecular weight excluding hydrogens is 359 g/mol. The zero-order valence-electron chi connectivity index (χ0n) is 14.4. The van der Waals surface area contributed by atoms with E-state index in [1.165, 1.54) is 6.07 Å². The Morgan fingerprint density at radius 1 is 1.04 bits per heavy atom. The summed E-state index contributed by atoms with van der Waals surface area (Å²) in [6.45, 7) is 0. The second kappa shape index (κ2) is 8.13. The summed E-state index contributed by atoms with van der Waals surface area (Å²) in [4.78, 5) is 35.0. The molecule has 0 aliphatic rings. The van der Waals surface area contributed by atoms with E-state index < -0.39 is 23.5 Å². The van der Waals surface area contributed by atoms with Crippen LogP contribution in [0.15, 0.2) is 36.4 Å². The number of hydrogen-bond donors (Lipinski definition) is 2. The lowest BCUT2D eigenvalue weighted by molar-refractivity contribution is -0.136. The van der Waals surface area contributed by atoms with E-state index in [1.54, 1.807) is 0 Å². The lowest BCUT2D eigenvalue weighted by Gasteiger charge is -2.13. The third kappa shape index (κ3) is 4.12. The second-order valence-electron chi connectivity index (χ2n) is 5.31. The zero-order chi connectivity index (χ0) is 20.1. The summed E-state index contributed by atoms with van der Waals surface area (Å²) in [5.74, 6) is -3.35. The molecule has 7 nitrogen and oxygen atoms in total. The quantitative estimate of drug-likeness (QED) is 0.470. The van der Waals surface area contributed by atoms with Crippen LogP contribution in [0.1, 0.15) is 15.9 Å². The number of methoxy groups -OCH3 is 2. The average Bonchev–Trinajstić information content (AvgIpc) is 2.67. The average molecular weight is 374 g/mol. The third-order valence-electron chi connectivity index (χ3n) is 3.69. The van der Waals surface area contributed by atoms with Gasteiger partial charge in [-0.2, -0.15) is 0 Å². The molecule has 0 atom stereocenters. The predicted octanol–water partition coefficient (Wildman–Crippen LogP) is 2.45. The molecule has 2 aromatic rings. The molecule has 0 radical (unpaired) electrons. The molecule has 2 aromatic carbocycles. The molecule has 27 heavy (non-hydrogen) atoms. The van der Waals surface area contributed by atoms with Crippen LogP contribution >= 0.6 is 0 Å². The highest BCUT2D eigenvalue weighted by molar-refractivity contribution is 6.21. The molecule has 0 aliphatic carbocycles. The van der Waals surface area contributed by atoms with Gasteiger partial charge in [0, 0.05) is 17.2 Å². The minimum Gasteiger partial charge on any atom is -0.507 e. The van der Waals surface area contributed by atoms with E-state index >= 15 is 0 Å². The summed E-state index contributed by atoms with van der Waals surface area (Å²) in [5.41, 5.74) is -0.716. The van der Waals surface area contributed by atoms with Gasteiger partial charge in [0.1, 0.15) is 17.3 Å². The van der Waals surface area contributed by atoms with Crippen LogP contribution in [0, 0.1) is 5.82 Å². The molecule has 0 saturated heterocycles. The maximum Gasteiger partial charge on any atom is 0.338 e. The Morgan fingerprint density at radius 3 is 2.33 bits per heavy atom. The number of carbonyl (C=O) groups is 3. The van der Waals surface area contributed by atoms with Crippen molar-refractivity contribution in [1.29, 1.82) is 0 Å². The van der Waals surface area contributed by atoms with Crippen molar-refractivity contribution in [3.05, 3.63) is 53.4 Å². The highest BCUT2D eigenvalue weighted by atomic mass is 19.1. The maximum atomic E-state index is 13.6. The summed E-state index contributed by atoms with van der Waals surface area (Å²) in [6.07, 6.45) is 1.16. The Morgan fingerprint density at radius 2 is 1.74 bits per heavy atom. The summed E-state index contributed by atoms with van der Waals surface area (Å²) in [5, 5.41) is 20.3. The van der Waals surface area contributed by atoms with Crippen molar-refractivity contribution in [2.24, 2.45) is 0 Å². The fourth-order valence-corrected chi connectivity index (χ4v) is 2.38. The van der Waals surface area contributed by atoms with Crippen molar-refractivity contribution in [3.63, 3.8) is 0 Å². The first-order chi connectivity index (χ1) is 12.8.